The Balaban J connectivity index is 1.48. The monoisotopic (exact) mass is 398 g/mol. The molecule has 1 aromatic rings. The van der Waals surface area contributed by atoms with Gasteiger partial charge in [0.25, 0.3) is 0 Å². The van der Waals surface area contributed by atoms with E-state index < -0.39 is 0 Å². The number of carbonyl (C=O) groups is 2. The third-order valence-electron chi connectivity index (χ3n) is 6.83. The standard InChI is InChI=1S/C23H34N4O2/c1-18(28)25-10-7-22(29)27-15-21-5-3-2-4-20(21)12-23(17-27)8-11-26(16-23)14-19-6-9-24-13-19/h2-5,19,24H,6-17H2,1H3,(H,25,28). The molecular formula is C23H34N4O2. The summed E-state index contributed by atoms with van der Waals surface area (Å²) in [6.45, 7) is 9.08. The van der Waals surface area contributed by atoms with Gasteiger partial charge in [-0.15, -0.1) is 0 Å². The minimum Gasteiger partial charge on any atom is -0.356 e. The van der Waals surface area contributed by atoms with Gasteiger partial charge >= 0.3 is 0 Å². The van der Waals surface area contributed by atoms with E-state index in [1.54, 1.807) is 0 Å². The van der Waals surface area contributed by atoms with Gasteiger partial charge in [0.2, 0.25) is 11.8 Å². The average molecular weight is 399 g/mol. The van der Waals surface area contributed by atoms with Crippen LogP contribution in [0.15, 0.2) is 24.3 Å². The number of carbonyl (C=O) groups excluding carboxylic acids is 2. The summed E-state index contributed by atoms with van der Waals surface area (Å²) in [6, 6.07) is 8.60. The molecule has 2 N–H and O–H groups in total. The molecule has 1 spiro atoms. The lowest BCUT2D eigenvalue weighted by Crippen LogP contribution is -2.43. The summed E-state index contributed by atoms with van der Waals surface area (Å²) in [5.74, 6) is 0.829. The van der Waals surface area contributed by atoms with Crippen LogP contribution in [-0.4, -0.2) is 67.4 Å². The minimum atomic E-state index is -0.0803. The number of likely N-dealkylation sites (tertiary alicyclic amines) is 1. The van der Waals surface area contributed by atoms with Gasteiger partial charge in [-0.3, -0.25) is 9.59 Å². The first-order valence-electron chi connectivity index (χ1n) is 11.1. The fourth-order valence-electron chi connectivity index (χ4n) is 5.38. The predicted octanol–water partition coefficient (Wildman–Crippen LogP) is 1.40. The fraction of sp³-hybridized carbons (Fsp3) is 0.652. The Labute approximate surface area is 174 Å². The topological polar surface area (TPSA) is 64.7 Å². The molecule has 4 rings (SSSR count). The summed E-state index contributed by atoms with van der Waals surface area (Å²) in [5, 5.41) is 6.24. The molecule has 0 radical (unpaired) electrons. The summed E-state index contributed by atoms with van der Waals surface area (Å²) >= 11 is 0. The van der Waals surface area contributed by atoms with Gasteiger partial charge in [0.1, 0.15) is 0 Å². The van der Waals surface area contributed by atoms with Crippen LogP contribution in [0.1, 0.15) is 37.3 Å². The number of nitrogens with one attached hydrogen (secondary N) is 2. The molecule has 2 unspecified atom stereocenters. The van der Waals surface area contributed by atoms with E-state index in [4.69, 9.17) is 0 Å². The quantitative estimate of drug-likeness (QED) is 0.787. The van der Waals surface area contributed by atoms with E-state index in [1.165, 1.54) is 31.0 Å². The Bertz CT molecular complexity index is 746. The van der Waals surface area contributed by atoms with E-state index >= 15 is 0 Å². The van der Waals surface area contributed by atoms with E-state index in [-0.39, 0.29) is 17.2 Å². The van der Waals surface area contributed by atoms with Gasteiger partial charge in [-0.25, -0.2) is 0 Å². The van der Waals surface area contributed by atoms with Crippen LogP contribution < -0.4 is 10.6 Å². The van der Waals surface area contributed by atoms with Crippen molar-refractivity contribution in [1.29, 1.82) is 0 Å². The van der Waals surface area contributed by atoms with E-state index in [0.717, 1.165) is 51.5 Å². The van der Waals surface area contributed by atoms with Crippen LogP contribution in [0.4, 0.5) is 0 Å². The lowest BCUT2D eigenvalue weighted by Gasteiger charge is -2.33. The van der Waals surface area contributed by atoms with Crippen LogP contribution in [-0.2, 0) is 22.6 Å². The van der Waals surface area contributed by atoms with Gasteiger partial charge in [0, 0.05) is 51.5 Å². The number of rotatable bonds is 5. The van der Waals surface area contributed by atoms with Crippen molar-refractivity contribution in [2.45, 2.75) is 39.2 Å². The molecule has 158 valence electrons. The maximum atomic E-state index is 13.0. The second-order valence-corrected chi connectivity index (χ2v) is 9.27. The molecule has 3 aliphatic heterocycles. The number of hydrogen-bond donors (Lipinski definition) is 2. The lowest BCUT2D eigenvalue weighted by molar-refractivity contribution is -0.133. The van der Waals surface area contributed by atoms with E-state index in [2.05, 4.69) is 39.8 Å². The zero-order valence-corrected chi connectivity index (χ0v) is 17.6. The number of nitrogens with zero attached hydrogens (tertiary/aromatic N) is 2. The number of fused-ring (bicyclic) bond motifs is 1. The Morgan fingerprint density at radius 3 is 2.83 bits per heavy atom. The molecule has 6 heteroatoms. The average Bonchev–Trinajstić information content (AvgIpc) is 3.29. The van der Waals surface area contributed by atoms with Gasteiger partial charge in [-0.1, -0.05) is 24.3 Å². The zero-order chi connectivity index (χ0) is 20.3. The Morgan fingerprint density at radius 2 is 2.07 bits per heavy atom. The van der Waals surface area contributed by atoms with Crippen LogP contribution in [0.2, 0.25) is 0 Å². The summed E-state index contributed by atoms with van der Waals surface area (Å²) in [4.78, 5) is 28.8. The van der Waals surface area contributed by atoms with Gasteiger partial charge < -0.3 is 20.4 Å². The van der Waals surface area contributed by atoms with Gasteiger partial charge in [-0.2, -0.15) is 0 Å². The summed E-state index contributed by atoms with van der Waals surface area (Å²) in [7, 11) is 0. The Hall–Kier alpha value is -1.92. The molecule has 1 aromatic carbocycles. The van der Waals surface area contributed by atoms with Crippen LogP contribution in [0.5, 0.6) is 0 Å². The zero-order valence-electron chi connectivity index (χ0n) is 17.6. The first-order chi connectivity index (χ1) is 14.0. The second kappa shape index (κ2) is 8.84. The van der Waals surface area contributed by atoms with Crippen molar-refractivity contribution in [2.75, 3.05) is 45.8 Å². The van der Waals surface area contributed by atoms with Crippen molar-refractivity contribution in [2.24, 2.45) is 11.3 Å². The predicted molar refractivity (Wildman–Crippen MR) is 113 cm³/mol. The van der Waals surface area contributed by atoms with Crippen LogP contribution >= 0.6 is 0 Å². The highest BCUT2D eigenvalue weighted by Crippen LogP contribution is 2.39. The van der Waals surface area contributed by atoms with Crippen molar-refractivity contribution >= 4 is 11.8 Å². The van der Waals surface area contributed by atoms with Crippen molar-refractivity contribution < 1.29 is 9.59 Å². The molecule has 3 aliphatic rings. The van der Waals surface area contributed by atoms with Crippen molar-refractivity contribution in [1.82, 2.24) is 20.4 Å². The highest BCUT2D eigenvalue weighted by molar-refractivity contribution is 5.78. The molecule has 0 bridgehead atoms. The molecule has 29 heavy (non-hydrogen) atoms. The van der Waals surface area contributed by atoms with Gasteiger partial charge in [-0.05, 0) is 55.9 Å². The van der Waals surface area contributed by atoms with Crippen molar-refractivity contribution in [3.63, 3.8) is 0 Å². The molecule has 0 aliphatic carbocycles. The Morgan fingerprint density at radius 1 is 1.24 bits per heavy atom. The maximum Gasteiger partial charge on any atom is 0.224 e. The van der Waals surface area contributed by atoms with Gasteiger partial charge in [0.05, 0.1) is 0 Å². The summed E-state index contributed by atoms with van der Waals surface area (Å²) in [6.07, 6.45) is 3.85. The minimum absolute atomic E-state index is 0.0803. The van der Waals surface area contributed by atoms with Crippen molar-refractivity contribution in [3.05, 3.63) is 35.4 Å². The molecule has 2 amide bonds. The number of amides is 2. The molecule has 3 heterocycles. The molecule has 0 saturated carbocycles. The summed E-state index contributed by atoms with van der Waals surface area (Å²) < 4.78 is 0. The van der Waals surface area contributed by atoms with Gasteiger partial charge in [0.15, 0.2) is 0 Å². The van der Waals surface area contributed by atoms with E-state index in [9.17, 15) is 9.59 Å². The first-order valence-corrected chi connectivity index (χ1v) is 11.1. The molecular weight excluding hydrogens is 364 g/mol. The molecule has 0 aromatic heterocycles. The normalized spacial score (nSPS) is 27.1. The Kier molecular flexibility index (Phi) is 6.20. The largest absolute Gasteiger partial charge is 0.356 e. The van der Waals surface area contributed by atoms with Crippen molar-refractivity contribution in [3.8, 4) is 0 Å². The molecule has 2 fully saturated rings. The van der Waals surface area contributed by atoms with E-state index in [1.807, 2.05) is 4.90 Å². The lowest BCUT2D eigenvalue weighted by atomic mass is 9.80. The maximum absolute atomic E-state index is 13.0. The van der Waals surface area contributed by atoms with E-state index in [0.29, 0.717) is 19.5 Å². The van der Waals surface area contributed by atoms with Crippen LogP contribution in [0.3, 0.4) is 0 Å². The third-order valence-corrected chi connectivity index (χ3v) is 6.83. The fourth-order valence-corrected chi connectivity index (χ4v) is 5.38. The smallest absolute Gasteiger partial charge is 0.224 e. The SMILES string of the molecule is CC(=O)NCCC(=O)N1Cc2ccccc2CC2(CCN(CC3CCNC3)C2)C1. The highest BCUT2D eigenvalue weighted by atomic mass is 16.2. The number of hydrogen-bond acceptors (Lipinski definition) is 4. The second-order valence-electron chi connectivity index (χ2n) is 9.27. The summed E-state index contributed by atoms with van der Waals surface area (Å²) in [5.41, 5.74) is 2.81. The number of benzene rings is 1. The highest BCUT2D eigenvalue weighted by Gasteiger charge is 2.42. The molecule has 2 saturated heterocycles. The third kappa shape index (κ3) is 4.98. The van der Waals surface area contributed by atoms with Crippen LogP contribution in [0, 0.1) is 11.3 Å². The first kappa shape index (κ1) is 20.4. The molecule has 2 atom stereocenters. The molecule has 6 nitrogen and oxygen atoms in total. The van der Waals surface area contributed by atoms with Crippen LogP contribution in [0.25, 0.3) is 0 Å².